The van der Waals surface area contributed by atoms with E-state index in [0.29, 0.717) is 5.02 Å². The van der Waals surface area contributed by atoms with Gasteiger partial charge in [-0.15, -0.1) is 12.3 Å². The number of hydrazine groups is 1. The minimum Gasteiger partial charge on any atom is -0.496 e. The second-order valence-corrected chi connectivity index (χ2v) is 4.14. The minimum absolute atomic E-state index is 0.0237. The summed E-state index contributed by atoms with van der Waals surface area (Å²) in [5, 5.41) is 0.644. The molecular formula is C13H17ClN2O. The number of hydrogen-bond donors (Lipinski definition) is 2. The molecule has 0 saturated heterocycles. The third-order valence-corrected chi connectivity index (χ3v) is 2.82. The van der Waals surface area contributed by atoms with Crippen molar-refractivity contribution in [2.45, 2.75) is 25.3 Å². The Morgan fingerprint density at radius 3 is 2.94 bits per heavy atom. The highest BCUT2D eigenvalue weighted by Gasteiger charge is 2.14. The molecule has 0 radical (unpaired) electrons. The average Bonchev–Trinajstić information content (AvgIpc) is 2.35. The first-order chi connectivity index (χ1) is 8.22. The molecule has 1 aromatic carbocycles. The van der Waals surface area contributed by atoms with E-state index in [9.17, 15) is 0 Å². The van der Waals surface area contributed by atoms with E-state index < -0.39 is 0 Å². The van der Waals surface area contributed by atoms with Crippen molar-refractivity contribution in [2.24, 2.45) is 5.84 Å². The lowest BCUT2D eigenvalue weighted by molar-refractivity contribution is 0.394. The van der Waals surface area contributed by atoms with Crippen LogP contribution in [0.4, 0.5) is 0 Å². The molecule has 1 rings (SSSR count). The zero-order valence-electron chi connectivity index (χ0n) is 9.87. The lowest BCUT2D eigenvalue weighted by atomic mass is 10.0. The maximum absolute atomic E-state index is 5.91. The fourth-order valence-electron chi connectivity index (χ4n) is 1.71. The highest BCUT2D eigenvalue weighted by atomic mass is 35.5. The minimum atomic E-state index is 0.0237. The van der Waals surface area contributed by atoms with E-state index in [2.05, 4.69) is 11.3 Å². The second kappa shape index (κ2) is 7.18. The molecule has 0 aliphatic heterocycles. The van der Waals surface area contributed by atoms with Gasteiger partial charge in [0.25, 0.3) is 0 Å². The third kappa shape index (κ3) is 3.94. The largest absolute Gasteiger partial charge is 0.496 e. The van der Waals surface area contributed by atoms with E-state index in [1.54, 1.807) is 13.2 Å². The molecule has 4 heteroatoms. The Morgan fingerprint density at radius 2 is 2.35 bits per heavy atom. The van der Waals surface area contributed by atoms with E-state index in [-0.39, 0.29) is 6.04 Å². The Kier molecular flexibility index (Phi) is 5.85. The Morgan fingerprint density at radius 1 is 1.59 bits per heavy atom. The number of hydrogen-bond acceptors (Lipinski definition) is 3. The number of terminal acetylenes is 1. The van der Waals surface area contributed by atoms with Crippen molar-refractivity contribution in [1.29, 1.82) is 0 Å². The van der Waals surface area contributed by atoms with E-state index in [1.165, 1.54) is 0 Å². The van der Waals surface area contributed by atoms with Crippen LogP contribution < -0.4 is 16.0 Å². The van der Waals surface area contributed by atoms with Crippen molar-refractivity contribution < 1.29 is 4.74 Å². The molecule has 1 atom stereocenters. The number of benzene rings is 1. The number of ether oxygens (including phenoxy) is 1. The maximum Gasteiger partial charge on any atom is 0.125 e. The van der Waals surface area contributed by atoms with Crippen LogP contribution in [-0.2, 0) is 0 Å². The number of unbranched alkanes of at least 4 members (excludes halogenated alkanes) is 1. The fourth-order valence-corrected chi connectivity index (χ4v) is 1.87. The summed E-state index contributed by atoms with van der Waals surface area (Å²) < 4.78 is 5.29. The van der Waals surface area contributed by atoms with E-state index in [0.717, 1.165) is 30.6 Å². The van der Waals surface area contributed by atoms with Gasteiger partial charge >= 0.3 is 0 Å². The van der Waals surface area contributed by atoms with E-state index in [4.69, 9.17) is 28.6 Å². The Balaban J connectivity index is 2.84. The summed E-state index contributed by atoms with van der Waals surface area (Å²) in [5.74, 6) is 8.91. The lowest BCUT2D eigenvalue weighted by Gasteiger charge is -2.18. The van der Waals surface area contributed by atoms with Gasteiger partial charge in [-0.25, -0.2) is 0 Å². The third-order valence-electron chi connectivity index (χ3n) is 2.59. The van der Waals surface area contributed by atoms with E-state index in [1.807, 2.05) is 12.1 Å². The Bertz CT molecular complexity index is 401. The number of rotatable bonds is 6. The van der Waals surface area contributed by atoms with Crippen molar-refractivity contribution in [1.82, 2.24) is 5.43 Å². The molecule has 3 N–H and O–H groups in total. The van der Waals surface area contributed by atoms with Crippen LogP contribution in [0.3, 0.4) is 0 Å². The molecule has 17 heavy (non-hydrogen) atoms. The summed E-state index contributed by atoms with van der Waals surface area (Å²) in [5.41, 5.74) is 3.78. The van der Waals surface area contributed by atoms with E-state index >= 15 is 0 Å². The normalized spacial score (nSPS) is 11.9. The van der Waals surface area contributed by atoms with Crippen LogP contribution in [-0.4, -0.2) is 7.11 Å². The average molecular weight is 253 g/mol. The molecule has 1 aromatic rings. The molecule has 0 fully saturated rings. The van der Waals surface area contributed by atoms with Crippen LogP contribution >= 0.6 is 11.6 Å². The molecule has 0 aliphatic carbocycles. The summed E-state index contributed by atoms with van der Waals surface area (Å²) in [4.78, 5) is 0. The molecule has 0 aliphatic rings. The van der Waals surface area contributed by atoms with Crippen LogP contribution in [0.2, 0.25) is 5.02 Å². The van der Waals surface area contributed by atoms with Gasteiger partial charge in [0.15, 0.2) is 0 Å². The topological polar surface area (TPSA) is 47.3 Å². The van der Waals surface area contributed by atoms with Crippen molar-refractivity contribution >= 4 is 11.6 Å². The Hall–Kier alpha value is -1.21. The summed E-state index contributed by atoms with van der Waals surface area (Å²) >= 11 is 5.91. The summed E-state index contributed by atoms with van der Waals surface area (Å²) in [6, 6.07) is 5.55. The summed E-state index contributed by atoms with van der Waals surface area (Å²) in [7, 11) is 1.62. The molecule has 0 amide bonds. The van der Waals surface area contributed by atoms with Crippen molar-refractivity contribution in [3.8, 4) is 18.1 Å². The van der Waals surface area contributed by atoms with Crippen LogP contribution in [0.15, 0.2) is 18.2 Å². The van der Waals surface area contributed by atoms with Gasteiger partial charge in [-0.3, -0.25) is 11.3 Å². The van der Waals surface area contributed by atoms with Crippen LogP contribution in [0.5, 0.6) is 5.75 Å². The number of methoxy groups -OCH3 is 1. The van der Waals surface area contributed by atoms with Gasteiger partial charge in [0.2, 0.25) is 0 Å². The molecule has 92 valence electrons. The van der Waals surface area contributed by atoms with Gasteiger partial charge in [-0.2, -0.15) is 0 Å². The highest BCUT2D eigenvalue weighted by Crippen LogP contribution is 2.30. The molecule has 0 spiro atoms. The van der Waals surface area contributed by atoms with Gasteiger partial charge in [0, 0.05) is 23.0 Å². The Labute approximate surface area is 107 Å². The molecule has 0 saturated carbocycles. The van der Waals surface area contributed by atoms with Gasteiger partial charge in [0.1, 0.15) is 5.75 Å². The van der Waals surface area contributed by atoms with Gasteiger partial charge in [0.05, 0.1) is 7.11 Å². The molecule has 0 aromatic heterocycles. The van der Waals surface area contributed by atoms with Gasteiger partial charge in [-0.1, -0.05) is 17.7 Å². The molecular weight excluding hydrogens is 236 g/mol. The van der Waals surface area contributed by atoms with Crippen molar-refractivity contribution in [3.05, 3.63) is 28.8 Å². The standard InChI is InChI=1S/C13H17ClN2O/c1-3-4-5-6-12(16-15)11-8-7-10(14)9-13(11)17-2/h1,7-9,12,16H,4-6,15H2,2H3. The van der Waals surface area contributed by atoms with Crippen LogP contribution in [0.25, 0.3) is 0 Å². The zero-order valence-corrected chi connectivity index (χ0v) is 10.6. The predicted octanol–water partition coefficient (Wildman–Crippen LogP) is 2.66. The first-order valence-electron chi connectivity index (χ1n) is 5.46. The smallest absolute Gasteiger partial charge is 0.125 e. The monoisotopic (exact) mass is 252 g/mol. The predicted molar refractivity (Wildman–Crippen MR) is 70.8 cm³/mol. The van der Waals surface area contributed by atoms with Crippen molar-refractivity contribution in [2.75, 3.05) is 7.11 Å². The molecule has 0 heterocycles. The first kappa shape index (κ1) is 13.9. The lowest BCUT2D eigenvalue weighted by Crippen LogP contribution is -2.28. The quantitative estimate of drug-likeness (QED) is 0.354. The fraction of sp³-hybridized carbons (Fsp3) is 0.385. The highest BCUT2D eigenvalue weighted by molar-refractivity contribution is 6.30. The van der Waals surface area contributed by atoms with Crippen LogP contribution in [0.1, 0.15) is 30.9 Å². The van der Waals surface area contributed by atoms with Crippen LogP contribution in [0, 0.1) is 12.3 Å². The molecule has 1 unspecified atom stereocenters. The molecule has 3 nitrogen and oxygen atoms in total. The second-order valence-electron chi connectivity index (χ2n) is 3.70. The zero-order chi connectivity index (χ0) is 12.7. The number of nitrogens with one attached hydrogen (secondary N) is 1. The number of nitrogens with two attached hydrogens (primary N) is 1. The summed E-state index contributed by atoms with van der Waals surface area (Å²) in [6.07, 6.45) is 7.74. The summed E-state index contributed by atoms with van der Waals surface area (Å²) in [6.45, 7) is 0. The van der Waals surface area contributed by atoms with Crippen molar-refractivity contribution in [3.63, 3.8) is 0 Å². The SMILES string of the molecule is C#CCCCC(NN)c1ccc(Cl)cc1OC. The molecule has 0 bridgehead atoms. The number of halogens is 1. The van der Waals surface area contributed by atoms with Gasteiger partial charge < -0.3 is 4.74 Å². The maximum atomic E-state index is 5.91. The van der Waals surface area contributed by atoms with Gasteiger partial charge in [-0.05, 0) is 25.0 Å². The first-order valence-corrected chi connectivity index (χ1v) is 5.83.